The number of imidazole rings is 1. The molecule has 0 spiro atoms. The lowest BCUT2D eigenvalue weighted by Crippen LogP contribution is -2.30. The van der Waals surface area contributed by atoms with Crippen LogP contribution < -0.4 is 16.6 Å². The number of carbonyl (C=O) groups excluding carboxylic acids is 1. The predicted octanol–water partition coefficient (Wildman–Crippen LogP) is 0.370. The van der Waals surface area contributed by atoms with E-state index in [4.69, 9.17) is 0 Å². The van der Waals surface area contributed by atoms with Crippen LogP contribution >= 0.6 is 0 Å². The van der Waals surface area contributed by atoms with Crippen LogP contribution in [0.15, 0.2) is 40.2 Å². The number of rotatable bonds is 3. The van der Waals surface area contributed by atoms with Crippen LogP contribution in [-0.4, -0.2) is 25.0 Å². The zero-order valence-corrected chi connectivity index (χ0v) is 12.7. The van der Waals surface area contributed by atoms with Gasteiger partial charge in [-0.1, -0.05) is 17.7 Å². The number of benzene rings is 1. The molecule has 1 aromatic carbocycles. The van der Waals surface area contributed by atoms with Crippen LogP contribution in [0.4, 0.5) is 5.69 Å². The smallest absolute Gasteiger partial charge is 0.325 e. The molecule has 118 valence electrons. The molecule has 23 heavy (non-hydrogen) atoms. The van der Waals surface area contributed by atoms with Gasteiger partial charge in [-0.25, -0.2) is 9.78 Å². The van der Waals surface area contributed by atoms with E-state index >= 15 is 0 Å². The molecule has 2 aromatic heterocycles. The first-order valence-electron chi connectivity index (χ1n) is 6.96. The summed E-state index contributed by atoms with van der Waals surface area (Å²) < 4.78 is 2.64. The van der Waals surface area contributed by atoms with E-state index in [0.717, 1.165) is 5.56 Å². The van der Waals surface area contributed by atoms with E-state index in [-0.39, 0.29) is 23.6 Å². The van der Waals surface area contributed by atoms with E-state index in [0.29, 0.717) is 5.69 Å². The van der Waals surface area contributed by atoms with Crippen LogP contribution in [0.1, 0.15) is 5.56 Å². The van der Waals surface area contributed by atoms with Gasteiger partial charge in [-0.15, -0.1) is 0 Å². The Morgan fingerprint density at radius 3 is 2.65 bits per heavy atom. The molecule has 0 saturated carbocycles. The maximum Gasteiger partial charge on any atom is 0.329 e. The van der Waals surface area contributed by atoms with Gasteiger partial charge in [0.05, 0.1) is 6.33 Å². The second kappa shape index (κ2) is 5.56. The number of amides is 1. The molecule has 1 amide bonds. The summed E-state index contributed by atoms with van der Waals surface area (Å²) in [5.74, 6) is -0.290. The first-order chi connectivity index (χ1) is 11.0. The van der Waals surface area contributed by atoms with Gasteiger partial charge >= 0.3 is 5.69 Å². The summed E-state index contributed by atoms with van der Waals surface area (Å²) in [6, 6.07) is 7.39. The van der Waals surface area contributed by atoms with E-state index in [1.165, 1.54) is 22.5 Å². The summed E-state index contributed by atoms with van der Waals surface area (Å²) in [7, 11) is 1.50. The maximum absolute atomic E-state index is 12.1. The molecular formula is C15H15N5O3. The number of aromatic amines is 1. The van der Waals surface area contributed by atoms with E-state index in [1.807, 2.05) is 19.1 Å². The fourth-order valence-corrected chi connectivity index (χ4v) is 2.30. The molecule has 0 bridgehead atoms. The predicted molar refractivity (Wildman–Crippen MR) is 85.4 cm³/mol. The monoisotopic (exact) mass is 313 g/mol. The Labute approximate surface area is 130 Å². The molecule has 0 aliphatic carbocycles. The minimum absolute atomic E-state index is 0.0777. The average molecular weight is 313 g/mol. The number of nitrogens with one attached hydrogen (secondary N) is 2. The molecule has 2 heterocycles. The molecule has 8 nitrogen and oxygen atoms in total. The van der Waals surface area contributed by atoms with Gasteiger partial charge in [0, 0.05) is 12.7 Å². The number of nitrogens with zero attached hydrogens (tertiary/aromatic N) is 3. The largest absolute Gasteiger partial charge is 0.329 e. The standard InChI is InChI=1S/C15H15N5O3/c1-9-3-5-10(6-4-9)17-11(21)7-20-8-16-13-12(20)14(22)18-15(23)19(13)2/h3-6,8H,7H2,1-2H3,(H,17,21)(H,18,22,23). The molecular weight excluding hydrogens is 298 g/mol. The number of hydrogen-bond acceptors (Lipinski definition) is 4. The molecule has 0 aliphatic rings. The van der Waals surface area contributed by atoms with Crippen molar-refractivity contribution in [3.8, 4) is 0 Å². The van der Waals surface area contributed by atoms with Gasteiger partial charge in [0.2, 0.25) is 5.91 Å². The second-order valence-corrected chi connectivity index (χ2v) is 5.28. The second-order valence-electron chi connectivity index (χ2n) is 5.28. The van der Waals surface area contributed by atoms with Crippen LogP contribution in [-0.2, 0) is 18.4 Å². The van der Waals surface area contributed by atoms with Gasteiger partial charge in [-0.2, -0.15) is 0 Å². The van der Waals surface area contributed by atoms with Gasteiger partial charge < -0.3 is 9.88 Å². The first-order valence-corrected chi connectivity index (χ1v) is 6.96. The van der Waals surface area contributed by atoms with E-state index in [2.05, 4.69) is 15.3 Å². The zero-order valence-electron chi connectivity index (χ0n) is 12.7. The number of anilines is 1. The third kappa shape index (κ3) is 2.78. The highest BCUT2D eigenvalue weighted by molar-refractivity contribution is 5.91. The van der Waals surface area contributed by atoms with Gasteiger partial charge in [-0.3, -0.25) is 19.1 Å². The summed E-state index contributed by atoms with van der Waals surface area (Å²) in [6.45, 7) is 1.88. The van der Waals surface area contributed by atoms with Crippen LogP contribution in [0.5, 0.6) is 0 Å². The highest BCUT2D eigenvalue weighted by Gasteiger charge is 2.13. The molecule has 3 aromatic rings. The Kier molecular flexibility index (Phi) is 3.57. The topological polar surface area (TPSA) is 102 Å². The third-order valence-corrected chi connectivity index (χ3v) is 3.53. The number of carbonyl (C=O) groups is 1. The third-order valence-electron chi connectivity index (χ3n) is 3.53. The van der Waals surface area contributed by atoms with Crippen molar-refractivity contribution in [1.82, 2.24) is 19.1 Å². The minimum Gasteiger partial charge on any atom is -0.325 e. The first kappa shape index (κ1) is 14.8. The summed E-state index contributed by atoms with van der Waals surface area (Å²) in [5, 5.41) is 2.75. The quantitative estimate of drug-likeness (QED) is 0.729. The highest BCUT2D eigenvalue weighted by atomic mass is 16.2. The van der Waals surface area contributed by atoms with E-state index in [1.54, 1.807) is 12.1 Å². The molecule has 0 atom stereocenters. The van der Waals surface area contributed by atoms with Crippen molar-refractivity contribution in [2.75, 3.05) is 5.32 Å². The lowest BCUT2D eigenvalue weighted by atomic mass is 10.2. The van der Waals surface area contributed by atoms with Crippen molar-refractivity contribution >= 4 is 22.8 Å². The Morgan fingerprint density at radius 2 is 1.96 bits per heavy atom. The van der Waals surface area contributed by atoms with Gasteiger partial charge in [-0.05, 0) is 19.1 Å². The molecule has 0 radical (unpaired) electrons. The number of aryl methyl sites for hydroxylation is 2. The van der Waals surface area contributed by atoms with Crippen molar-refractivity contribution < 1.29 is 4.79 Å². The van der Waals surface area contributed by atoms with Gasteiger partial charge in [0.1, 0.15) is 6.54 Å². The summed E-state index contributed by atoms with van der Waals surface area (Å²) in [6.07, 6.45) is 1.37. The maximum atomic E-state index is 12.1. The normalized spacial score (nSPS) is 10.9. The van der Waals surface area contributed by atoms with Crippen LogP contribution in [0.25, 0.3) is 11.2 Å². The Morgan fingerprint density at radius 1 is 1.26 bits per heavy atom. The van der Waals surface area contributed by atoms with Gasteiger partial charge in [0.15, 0.2) is 11.2 Å². The number of aromatic nitrogens is 4. The van der Waals surface area contributed by atoms with Crippen LogP contribution in [0.2, 0.25) is 0 Å². The molecule has 8 heteroatoms. The Balaban J connectivity index is 1.88. The van der Waals surface area contributed by atoms with Crippen molar-refractivity contribution in [1.29, 1.82) is 0 Å². The van der Waals surface area contributed by atoms with Crippen LogP contribution in [0, 0.1) is 6.92 Å². The van der Waals surface area contributed by atoms with Gasteiger partial charge in [0.25, 0.3) is 5.56 Å². The Hall–Kier alpha value is -3.16. The fraction of sp³-hybridized carbons (Fsp3) is 0.200. The van der Waals surface area contributed by atoms with E-state index in [9.17, 15) is 14.4 Å². The summed E-state index contributed by atoms with van der Waals surface area (Å²) in [5.41, 5.74) is 1.08. The SMILES string of the molecule is Cc1ccc(NC(=O)Cn2cnc3c2c(=O)[nH]c(=O)n3C)cc1. The molecule has 2 N–H and O–H groups in total. The minimum atomic E-state index is -0.566. The van der Waals surface area contributed by atoms with Crippen molar-refractivity contribution in [3.05, 3.63) is 57.0 Å². The van der Waals surface area contributed by atoms with Crippen molar-refractivity contribution in [3.63, 3.8) is 0 Å². The summed E-state index contributed by atoms with van der Waals surface area (Å²) in [4.78, 5) is 41.8. The zero-order chi connectivity index (χ0) is 16.6. The summed E-state index contributed by atoms with van der Waals surface area (Å²) >= 11 is 0. The highest BCUT2D eigenvalue weighted by Crippen LogP contribution is 2.09. The molecule has 3 rings (SSSR count). The molecule has 0 saturated heterocycles. The average Bonchev–Trinajstić information content (AvgIpc) is 2.91. The molecule has 0 fully saturated rings. The fourth-order valence-electron chi connectivity index (χ4n) is 2.30. The number of H-pyrrole nitrogens is 1. The lowest BCUT2D eigenvalue weighted by Gasteiger charge is -2.07. The van der Waals surface area contributed by atoms with Crippen molar-refractivity contribution in [2.45, 2.75) is 13.5 Å². The number of hydrogen-bond donors (Lipinski definition) is 2. The van der Waals surface area contributed by atoms with Crippen molar-refractivity contribution in [2.24, 2.45) is 7.05 Å². The number of fused-ring (bicyclic) bond motifs is 1. The molecule has 0 aliphatic heterocycles. The van der Waals surface area contributed by atoms with E-state index < -0.39 is 11.2 Å². The molecule has 0 unspecified atom stereocenters. The van der Waals surface area contributed by atoms with Crippen LogP contribution in [0.3, 0.4) is 0 Å². The Bertz CT molecular complexity index is 995. The lowest BCUT2D eigenvalue weighted by molar-refractivity contribution is -0.116.